The van der Waals surface area contributed by atoms with Gasteiger partial charge in [-0.3, -0.25) is 9.59 Å². The minimum absolute atomic E-state index is 0.137. The number of esters is 2. The molecule has 0 aromatic rings. The summed E-state index contributed by atoms with van der Waals surface area (Å²) in [6.45, 7) is 4.19. The zero-order valence-corrected chi connectivity index (χ0v) is 27.2. The Hall–Kier alpha value is -2.14. The van der Waals surface area contributed by atoms with Crippen molar-refractivity contribution in [1.29, 1.82) is 0 Å². The lowest BCUT2D eigenvalue weighted by Gasteiger charge is -2.12. The molecular weight excluding hydrogens is 524 g/mol. The number of carbonyl (C=O) groups is 2. The van der Waals surface area contributed by atoms with Crippen LogP contribution in [0, 0.1) is 0 Å². The molecule has 0 amide bonds. The summed E-state index contributed by atoms with van der Waals surface area (Å²) in [4.78, 5) is 23.8. The van der Waals surface area contributed by atoms with Crippen LogP contribution in [-0.4, -0.2) is 36.4 Å². The second-order valence-electron chi connectivity index (χ2n) is 11.3. The van der Waals surface area contributed by atoms with E-state index < -0.39 is 6.10 Å². The first-order valence-corrected chi connectivity index (χ1v) is 17.2. The lowest BCUT2D eigenvalue weighted by molar-refractivity contribution is -0.152. The van der Waals surface area contributed by atoms with Gasteiger partial charge in [-0.25, -0.2) is 0 Å². The average molecular weight is 589 g/mol. The first-order chi connectivity index (χ1) is 20.6. The molecule has 1 atom stereocenters. The Morgan fingerprint density at radius 2 is 0.833 bits per heavy atom. The third kappa shape index (κ3) is 32.4. The molecule has 0 aliphatic carbocycles. The van der Waals surface area contributed by atoms with E-state index in [0.29, 0.717) is 12.8 Å². The summed E-state index contributed by atoms with van der Waals surface area (Å²) in [7, 11) is 0. The molecule has 0 saturated carbocycles. The topological polar surface area (TPSA) is 72.8 Å². The number of hydrogen-bond acceptors (Lipinski definition) is 5. The summed E-state index contributed by atoms with van der Waals surface area (Å²) in [5.74, 6) is -0.631. The maximum absolute atomic E-state index is 11.9. The van der Waals surface area contributed by atoms with E-state index in [4.69, 9.17) is 9.47 Å². The molecule has 1 N–H and O–H groups in total. The van der Waals surface area contributed by atoms with E-state index >= 15 is 0 Å². The molecule has 0 fully saturated rings. The van der Waals surface area contributed by atoms with Crippen LogP contribution in [0.4, 0.5) is 0 Å². The zero-order chi connectivity index (χ0) is 30.8. The van der Waals surface area contributed by atoms with Gasteiger partial charge in [-0.2, -0.15) is 0 Å². The molecule has 5 nitrogen and oxygen atoms in total. The van der Waals surface area contributed by atoms with Crippen LogP contribution >= 0.6 is 0 Å². The van der Waals surface area contributed by atoms with Crippen molar-refractivity contribution < 1.29 is 24.2 Å². The van der Waals surface area contributed by atoms with E-state index in [1.54, 1.807) is 0 Å². The molecule has 0 aliphatic heterocycles. The van der Waals surface area contributed by atoms with Gasteiger partial charge in [-0.05, 0) is 77.0 Å². The Morgan fingerprint density at radius 3 is 1.36 bits per heavy atom. The van der Waals surface area contributed by atoms with Gasteiger partial charge in [0.25, 0.3) is 0 Å². The fourth-order valence-corrected chi connectivity index (χ4v) is 4.38. The molecule has 0 heterocycles. The first-order valence-electron chi connectivity index (χ1n) is 17.2. The van der Waals surface area contributed by atoms with E-state index in [1.807, 2.05) is 0 Å². The number of aliphatic hydroxyl groups is 1. The Balaban J connectivity index is 3.56. The van der Waals surface area contributed by atoms with Gasteiger partial charge in [-0.15, -0.1) is 0 Å². The standard InChI is InChI=1S/C37H64O5/c1-3-5-7-9-11-13-15-17-18-20-22-24-26-28-30-32-37(40)42-34-35(38)33-41-36(39)31-29-27-25-23-21-19-16-14-12-10-8-6-4-2/h11,13,17-19,21-22,24,35,38H,3-10,12,14-16,20,23,25-34H2,1-2H3/b13-11-,18-17-,21-19-,24-22-/t35-/m1/s1. The summed E-state index contributed by atoms with van der Waals surface area (Å²) in [5.41, 5.74) is 0. The third-order valence-corrected chi connectivity index (χ3v) is 7.04. The predicted molar refractivity (Wildman–Crippen MR) is 177 cm³/mol. The number of hydrogen-bond donors (Lipinski definition) is 1. The number of rotatable bonds is 30. The lowest BCUT2D eigenvalue weighted by Crippen LogP contribution is -2.25. The fraction of sp³-hybridized carbons (Fsp3) is 0.730. The van der Waals surface area contributed by atoms with Crippen molar-refractivity contribution in [2.75, 3.05) is 13.2 Å². The molecule has 0 spiro atoms. The second-order valence-corrected chi connectivity index (χ2v) is 11.3. The Bertz CT molecular complexity index is 722. The fourth-order valence-electron chi connectivity index (χ4n) is 4.38. The van der Waals surface area contributed by atoms with E-state index in [9.17, 15) is 14.7 Å². The van der Waals surface area contributed by atoms with Crippen LogP contribution in [0.5, 0.6) is 0 Å². The lowest BCUT2D eigenvalue weighted by atomic mass is 10.1. The van der Waals surface area contributed by atoms with Gasteiger partial charge < -0.3 is 14.6 Å². The monoisotopic (exact) mass is 588 g/mol. The zero-order valence-electron chi connectivity index (χ0n) is 27.2. The molecular formula is C37H64O5. The Labute approximate surface area is 258 Å². The highest BCUT2D eigenvalue weighted by Gasteiger charge is 2.11. The molecule has 0 aliphatic rings. The highest BCUT2D eigenvalue weighted by Crippen LogP contribution is 2.09. The van der Waals surface area contributed by atoms with Crippen molar-refractivity contribution >= 4 is 11.9 Å². The van der Waals surface area contributed by atoms with Crippen LogP contribution in [0.2, 0.25) is 0 Å². The first kappa shape index (κ1) is 39.9. The number of ether oxygens (including phenoxy) is 2. The minimum atomic E-state index is -0.984. The SMILES string of the molecule is CCCCC/C=C\C/C=C\C/C=C\CCCCC(=O)OC[C@H](O)COC(=O)CCCCC/C=C\CCCCCCCC. The third-order valence-electron chi connectivity index (χ3n) is 7.04. The van der Waals surface area contributed by atoms with Gasteiger partial charge in [0, 0.05) is 12.8 Å². The number of unbranched alkanes of at least 4 members (excludes halogenated alkanes) is 14. The Kier molecular flexibility index (Phi) is 31.7. The summed E-state index contributed by atoms with van der Waals surface area (Å²) >= 11 is 0. The molecule has 0 aromatic carbocycles. The van der Waals surface area contributed by atoms with E-state index in [2.05, 4.69) is 62.5 Å². The summed E-state index contributed by atoms with van der Waals surface area (Å²) in [5, 5.41) is 9.95. The molecule has 5 heteroatoms. The van der Waals surface area contributed by atoms with Gasteiger partial charge >= 0.3 is 11.9 Å². The van der Waals surface area contributed by atoms with Crippen molar-refractivity contribution in [3.8, 4) is 0 Å². The van der Waals surface area contributed by atoms with Crippen LogP contribution in [0.1, 0.15) is 155 Å². The van der Waals surface area contributed by atoms with E-state index in [-0.39, 0.29) is 25.2 Å². The summed E-state index contributed by atoms with van der Waals surface area (Å²) in [6, 6.07) is 0. The van der Waals surface area contributed by atoms with E-state index in [0.717, 1.165) is 57.8 Å². The molecule has 0 unspecified atom stereocenters. The quantitative estimate of drug-likeness (QED) is 0.0513. The maximum atomic E-state index is 11.9. The van der Waals surface area contributed by atoms with Gasteiger partial charge in [0.2, 0.25) is 0 Å². The summed E-state index contributed by atoms with van der Waals surface area (Å²) < 4.78 is 10.2. The van der Waals surface area contributed by atoms with Crippen LogP contribution in [0.15, 0.2) is 48.6 Å². The minimum Gasteiger partial charge on any atom is -0.463 e. The van der Waals surface area contributed by atoms with Crippen LogP contribution in [-0.2, 0) is 19.1 Å². The van der Waals surface area contributed by atoms with Crippen LogP contribution in [0.25, 0.3) is 0 Å². The highest BCUT2D eigenvalue weighted by molar-refractivity contribution is 5.69. The van der Waals surface area contributed by atoms with Crippen molar-refractivity contribution in [2.24, 2.45) is 0 Å². The molecule has 0 rings (SSSR count). The smallest absolute Gasteiger partial charge is 0.305 e. The van der Waals surface area contributed by atoms with Crippen LogP contribution in [0.3, 0.4) is 0 Å². The number of allylic oxidation sites excluding steroid dienone is 8. The Morgan fingerprint density at radius 1 is 0.500 bits per heavy atom. The van der Waals surface area contributed by atoms with Crippen molar-refractivity contribution in [3.63, 3.8) is 0 Å². The van der Waals surface area contributed by atoms with Crippen molar-refractivity contribution in [1.82, 2.24) is 0 Å². The predicted octanol–water partition coefficient (Wildman–Crippen LogP) is 10.3. The number of carbonyl (C=O) groups excluding carboxylic acids is 2. The molecule has 0 aromatic heterocycles. The van der Waals surface area contributed by atoms with Gasteiger partial charge in [0.05, 0.1) is 0 Å². The van der Waals surface area contributed by atoms with E-state index in [1.165, 1.54) is 70.6 Å². The molecule has 0 saturated heterocycles. The summed E-state index contributed by atoms with van der Waals surface area (Å²) in [6.07, 6.45) is 40.1. The normalized spacial score (nSPS) is 12.7. The molecule has 0 bridgehead atoms. The van der Waals surface area contributed by atoms with Crippen LogP contribution < -0.4 is 0 Å². The molecule has 242 valence electrons. The maximum Gasteiger partial charge on any atom is 0.305 e. The average Bonchev–Trinajstić information content (AvgIpc) is 2.99. The van der Waals surface area contributed by atoms with Gasteiger partial charge in [-0.1, -0.05) is 114 Å². The van der Waals surface area contributed by atoms with Gasteiger partial charge in [0.15, 0.2) is 0 Å². The molecule has 42 heavy (non-hydrogen) atoms. The van der Waals surface area contributed by atoms with Gasteiger partial charge in [0.1, 0.15) is 19.3 Å². The second kappa shape index (κ2) is 33.4. The highest BCUT2D eigenvalue weighted by atomic mass is 16.6. The van der Waals surface area contributed by atoms with Crippen molar-refractivity contribution in [3.05, 3.63) is 48.6 Å². The van der Waals surface area contributed by atoms with Crippen molar-refractivity contribution in [2.45, 2.75) is 161 Å². The molecule has 0 radical (unpaired) electrons. The largest absolute Gasteiger partial charge is 0.463 e. The number of aliphatic hydroxyl groups excluding tert-OH is 1.